The minimum Gasteiger partial charge on any atom is -0.0613 e. The standard InChI is InChI=1S/C48H48P2/c1-29-15-30(2)20-40(19-29)49(41-21-31(3)16-32(4)22-41)44-13-9-11-37-27-39-28-38-12-10-14-45(47(38)48(39)46(37)44)50(42-23-33(5)17-34(6)24-42)43-25-35(7)18-36(8)26-43/h9-26,39,48H,27-28H2,1-8H3. The first-order valence-electron chi connectivity index (χ1n) is 18.2. The topological polar surface area (TPSA) is 0 Å². The van der Waals surface area contributed by atoms with E-state index in [1.807, 2.05) is 0 Å². The third kappa shape index (κ3) is 6.10. The first-order valence-corrected chi connectivity index (χ1v) is 20.9. The molecule has 0 nitrogen and oxygen atoms in total. The highest BCUT2D eigenvalue weighted by Crippen LogP contribution is 2.53. The predicted molar refractivity (Wildman–Crippen MR) is 221 cm³/mol. The molecule has 6 aromatic rings. The lowest BCUT2D eigenvalue weighted by molar-refractivity contribution is 0.548. The zero-order chi connectivity index (χ0) is 34.8. The maximum Gasteiger partial charge on any atom is 0.0142 e. The van der Waals surface area contributed by atoms with Crippen LogP contribution in [0.5, 0.6) is 0 Å². The van der Waals surface area contributed by atoms with Crippen LogP contribution < -0.4 is 31.8 Å². The lowest BCUT2D eigenvalue weighted by Crippen LogP contribution is -2.28. The molecule has 6 aromatic carbocycles. The fraction of sp³-hybridized carbons (Fsp3) is 0.250. The zero-order valence-electron chi connectivity index (χ0n) is 30.9. The van der Waals surface area contributed by atoms with Crippen molar-refractivity contribution < 1.29 is 0 Å². The Balaban J connectivity index is 1.38. The molecule has 50 heavy (non-hydrogen) atoms. The average Bonchev–Trinajstić information content (AvgIpc) is 3.56. The SMILES string of the molecule is Cc1cc(C)cc(P(c2cc(C)cc(C)c2)c2cccc3c2C2c4c(cccc4P(c4cc(C)cc(C)c4)c4cc(C)cc(C)c4)CC2C3)c1. The number of benzene rings is 6. The second-order valence-electron chi connectivity index (χ2n) is 15.4. The van der Waals surface area contributed by atoms with E-state index < -0.39 is 15.8 Å². The van der Waals surface area contributed by atoms with Gasteiger partial charge >= 0.3 is 0 Å². The van der Waals surface area contributed by atoms with Crippen molar-refractivity contribution in [2.45, 2.75) is 74.1 Å². The predicted octanol–water partition coefficient (Wildman–Crippen LogP) is 9.53. The van der Waals surface area contributed by atoms with Gasteiger partial charge in [0, 0.05) is 5.92 Å². The Hall–Kier alpha value is -3.82. The highest BCUT2D eigenvalue weighted by atomic mass is 31.1. The number of aryl methyl sites for hydroxylation is 8. The largest absolute Gasteiger partial charge is 0.0613 e. The van der Waals surface area contributed by atoms with Crippen LogP contribution in [0.15, 0.2) is 109 Å². The summed E-state index contributed by atoms with van der Waals surface area (Å²) in [6.07, 6.45) is 2.33. The van der Waals surface area contributed by atoms with Crippen LogP contribution in [0.25, 0.3) is 0 Å². The quantitative estimate of drug-likeness (QED) is 0.153. The van der Waals surface area contributed by atoms with Gasteiger partial charge in [-0.05, 0) is 144 Å². The van der Waals surface area contributed by atoms with Gasteiger partial charge in [0.15, 0.2) is 0 Å². The van der Waals surface area contributed by atoms with Crippen LogP contribution in [0.1, 0.15) is 72.7 Å². The molecule has 0 saturated heterocycles. The van der Waals surface area contributed by atoms with Gasteiger partial charge in [-0.3, -0.25) is 0 Å². The van der Waals surface area contributed by atoms with Crippen LogP contribution in [0.3, 0.4) is 0 Å². The zero-order valence-corrected chi connectivity index (χ0v) is 32.6. The minimum absolute atomic E-state index is 0.413. The van der Waals surface area contributed by atoms with Gasteiger partial charge in [-0.2, -0.15) is 0 Å². The molecule has 2 aliphatic carbocycles. The Morgan fingerprint density at radius 1 is 0.380 bits per heavy atom. The van der Waals surface area contributed by atoms with E-state index in [0.29, 0.717) is 11.8 Å². The Bertz CT molecular complexity index is 1950. The van der Waals surface area contributed by atoms with Gasteiger partial charge < -0.3 is 0 Å². The molecule has 0 amide bonds. The van der Waals surface area contributed by atoms with Crippen LogP contribution >= 0.6 is 15.8 Å². The van der Waals surface area contributed by atoms with Crippen LogP contribution in [0.4, 0.5) is 0 Å². The monoisotopic (exact) mass is 686 g/mol. The van der Waals surface area contributed by atoms with E-state index in [9.17, 15) is 0 Å². The first-order chi connectivity index (χ1) is 24.0. The fourth-order valence-electron chi connectivity index (χ4n) is 9.33. The van der Waals surface area contributed by atoms with Crippen LogP contribution in [-0.2, 0) is 12.8 Å². The van der Waals surface area contributed by atoms with Crippen molar-refractivity contribution in [1.29, 1.82) is 0 Å². The number of rotatable bonds is 6. The average molecular weight is 687 g/mol. The molecule has 0 heterocycles. The van der Waals surface area contributed by atoms with Crippen molar-refractivity contribution >= 4 is 47.7 Å². The smallest absolute Gasteiger partial charge is 0.0142 e. The maximum absolute atomic E-state index is 2.50. The van der Waals surface area contributed by atoms with Crippen molar-refractivity contribution in [2.75, 3.05) is 0 Å². The van der Waals surface area contributed by atoms with Crippen LogP contribution in [-0.4, -0.2) is 0 Å². The lowest BCUT2D eigenvalue weighted by Gasteiger charge is -2.29. The summed E-state index contributed by atoms with van der Waals surface area (Å²) in [5.74, 6) is 1.02. The molecular weight excluding hydrogens is 638 g/mol. The Kier molecular flexibility index (Phi) is 8.70. The van der Waals surface area contributed by atoms with Crippen molar-refractivity contribution in [1.82, 2.24) is 0 Å². The number of hydrogen-bond acceptors (Lipinski definition) is 0. The molecule has 2 aliphatic rings. The van der Waals surface area contributed by atoms with Crippen molar-refractivity contribution in [3.05, 3.63) is 176 Å². The molecule has 0 atom stereocenters. The molecular formula is C48H48P2. The Labute approximate surface area is 302 Å². The van der Waals surface area contributed by atoms with E-state index in [-0.39, 0.29) is 0 Å². The highest BCUT2D eigenvalue weighted by molar-refractivity contribution is 7.80. The summed E-state index contributed by atoms with van der Waals surface area (Å²) in [5, 5.41) is 9.00. The van der Waals surface area contributed by atoms with Crippen molar-refractivity contribution in [3.63, 3.8) is 0 Å². The Morgan fingerprint density at radius 2 is 0.660 bits per heavy atom. The fourth-order valence-corrected chi connectivity index (χ4v) is 15.2. The van der Waals surface area contributed by atoms with Gasteiger partial charge in [0.25, 0.3) is 0 Å². The molecule has 0 aromatic heterocycles. The number of hydrogen-bond donors (Lipinski definition) is 0. The molecule has 0 saturated carbocycles. The summed E-state index contributed by atoms with van der Waals surface area (Å²) >= 11 is 0. The first kappa shape index (κ1) is 33.3. The van der Waals surface area contributed by atoms with Gasteiger partial charge in [0.1, 0.15) is 0 Å². The van der Waals surface area contributed by atoms with Gasteiger partial charge in [-0.15, -0.1) is 0 Å². The lowest BCUT2D eigenvalue weighted by atomic mass is 9.92. The van der Waals surface area contributed by atoms with Crippen molar-refractivity contribution in [2.24, 2.45) is 5.92 Å². The van der Waals surface area contributed by atoms with Crippen LogP contribution in [0.2, 0.25) is 0 Å². The minimum atomic E-state index is -0.751. The highest BCUT2D eigenvalue weighted by Gasteiger charge is 2.44. The van der Waals surface area contributed by atoms with Gasteiger partial charge in [-0.25, -0.2) is 0 Å². The van der Waals surface area contributed by atoms with E-state index in [2.05, 4.69) is 165 Å². The molecule has 0 N–H and O–H groups in total. The summed E-state index contributed by atoms with van der Waals surface area (Å²) in [6.45, 7) is 18.1. The molecule has 0 fully saturated rings. The van der Waals surface area contributed by atoms with E-state index in [1.165, 1.54) is 65.7 Å². The molecule has 0 spiro atoms. The summed E-state index contributed by atoms with van der Waals surface area (Å²) in [6, 6.07) is 43.7. The van der Waals surface area contributed by atoms with E-state index in [1.54, 1.807) is 32.9 Å². The van der Waals surface area contributed by atoms with Gasteiger partial charge in [-0.1, -0.05) is 154 Å². The normalized spacial score (nSPS) is 16.2. The van der Waals surface area contributed by atoms with E-state index in [0.717, 1.165) is 12.8 Å². The summed E-state index contributed by atoms with van der Waals surface area (Å²) < 4.78 is 0. The van der Waals surface area contributed by atoms with Crippen LogP contribution in [0, 0.1) is 61.3 Å². The third-order valence-corrected chi connectivity index (χ3v) is 15.6. The molecule has 250 valence electrons. The summed E-state index contributed by atoms with van der Waals surface area (Å²) in [4.78, 5) is 0. The molecule has 0 aliphatic heterocycles. The molecule has 0 unspecified atom stereocenters. The molecule has 2 heteroatoms. The second-order valence-corrected chi connectivity index (χ2v) is 19.8. The Morgan fingerprint density at radius 3 is 0.940 bits per heavy atom. The maximum atomic E-state index is 2.50. The van der Waals surface area contributed by atoms with Gasteiger partial charge in [0.2, 0.25) is 0 Å². The number of fused-ring (bicyclic) bond motifs is 5. The van der Waals surface area contributed by atoms with Crippen molar-refractivity contribution in [3.8, 4) is 0 Å². The van der Waals surface area contributed by atoms with E-state index >= 15 is 0 Å². The second kappa shape index (κ2) is 13.1. The molecule has 8 rings (SSSR count). The molecule has 0 bridgehead atoms. The summed E-state index contributed by atoms with van der Waals surface area (Å²) in [5.41, 5.74) is 17.2. The van der Waals surface area contributed by atoms with Gasteiger partial charge in [0.05, 0.1) is 0 Å². The third-order valence-electron chi connectivity index (χ3n) is 10.7. The molecule has 0 radical (unpaired) electrons. The summed E-state index contributed by atoms with van der Waals surface area (Å²) in [7, 11) is -1.50. The van der Waals surface area contributed by atoms with E-state index in [4.69, 9.17) is 0 Å².